The molecule has 2 aromatic rings. The molecule has 0 aliphatic heterocycles. The number of nitrogens with zero attached hydrogens (tertiary/aromatic N) is 2. The second-order valence-corrected chi connectivity index (χ2v) is 4.35. The second-order valence-electron chi connectivity index (χ2n) is 4.35. The number of alkyl halides is 3. The van der Waals surface area contributed by atoms with Gasteiger partial charge < -0.3 is 4.74 Å². The number of hydrogen-bond acceptors (Lipinski definition) is 3. The normalized spacial score (nSPS) is 11.0. The highest BCUT2D eigenvalue weighted by Gasteiger charge is 2.35. The molecule has 3 nitrogen and oxygen atoms in total. The lowest BCUT2D eigenvalue weighted by molar-refractivity contribution is -0.137. The number of aromatic nitrogens is 1. The van der Waals surface area contributed by atoms with E-state index in [1.165, 1.54) is 14.0 Å². The monoisotopic (exact) mass is 292 g/mol. The summed E-state index contributed by atoms with van der Waals surface area (Å²) in [6.07, 6.45) is -4.60. The van der Waals surface area contributed by atoms with Gasteiger partial charge in [-0.1, -0.05) is 0 Å². The van der Waals surface area contributed by atoms with Gasteiger partial charge in [-0.2, -0.15) is 18.4 Å². The van der Waals surface area contributed by atoms with Gasteiger partial charge in [-0.15, -0.1) is 0 Å². The Hall–Kier alpha value is -2.55. The molecule has 0 aliphatic rings. The van der Waals surface area contributed by atoms with E-state index in [1.54, 1.807) is 30.3 Å². The number of hydrogen-bond donors (Lipinski definition) is 0. The van der Waals surface area contributed by atoms with Crippen molar-refractivity contribution in [3.8, 4) is 23.1 Å². The largest absolute Gasteiger partial charge is 0.497 e. The van der Waals surface area contributed by atoms with Crippen molar-refractivity contribution in [2.45, 2.75) is 13.1 Å². The van der Waals surface area contributed by atoms with Gasteiger partial charge in [-0.25, -0.2) is 0 Å². The van der Waals surface area contributed by atoms with E-state index >= 15 is 0 Å². The van der Waals surface area contributed by atoms with Crippen LogP contribution in [0.25, 0.3) is 11.3 Å². The molecule has 0 radical (unpaired) electrons. The predicted molar refractivity (Wildman–Crippen MR) is 70.7 cm³/mol. The summed E-state index contributed by atoms with van der Waals surface area (Å²) in [6, 6.07) is 8.97. The van der Waals surface area contributed by atoms with Gasteiger partial charge in [0, 0.05) is 5.56 Å². The van der Waals surface area contributed by atoms with Crippen molar-refractivity contribution >= 4 is 0 Å². The lowest BCUT2D eigenvalue weighted by atomic mass is 10.0. The van der Waals surface area contributed by atoms with Crippen LogP contribution >= 0.6 is 0 Å². The van der Waals surface area contributed by atoms with Crippen molar-refractivity contribution in [2.75, 3.05) is 7.11 Å². The Morgan fingerprint density at radius 3 is 2.29 bits per heavy atom. The van der Waals surface area contributed by atoms with E-state index in [0.29, 0.717) is 11.3 Å². The molecule has 0 saturated heterocycles. The molecule has 6 heteroatoms. The molecule has 0 fully saturated rings. The molecule has 1 heterocycles. The Morgan fingerprint density at radius 1 is 1.19 bits per heavy atom. The summed E-state index contributed by atoms with van der Waals surface area (Å²) in [5, 5.41) is 8.89. The zero-order chi connectivity index (χ0) is 15.6. The number of nitriles is 1. The van der Waals surface area contributed by atoms with Crippen LogP contribution in [-0.4, -0.2) is 12.1 Å². The molecule has 21 heavy (non-hydrogen) atoms. The minimum atomic E-state index is -4.60. The van der Waals surface area contributed by atoms with Gasteiger partial charge in [-0.3, -0.25) is 4.98 Å². The first-order chi connectivity index (χ1) is 9.86. The van der Waals surface area contributed by atoms with Crippen LogP contribution in [0.4, 0.5) is 13.2 Å². The number of benzene rings is 1. The maximum Gasteiger partial charge on any atom is 0.417 e. The standard InChI is InChI=1S/C15H11F3N2O/c1-9-12(8-19)13(15(16,17)18)7-14(20-9)10-3-5-11(21-2)6-4-10/h3-7H,1-2H3. The van der Waals surface area contributed by atoms with E-state index in [1.807, 2.05) is 0 Å². The zero-order valence-electron chi connectivity index (χ0n) is 11.3. The fourth-order valence-corrected chi connectivity index (χ4v) is 1.95. The van der Waals surface area contributed by atoms with Crippen LogP contribution in [0.5, 0.6) is 5.75 Å². The summed E-state index contributed by atoms with van der Waals surface area (Å²) in [6.45, 7) is 1.39. The summed E-state index contributed by atoms with van der Waals surface area (Å²) in [7, 11) is 1.50. The zero-order valence-corrected chi connectivity index (χ0v) is 11.3. The van der Waals surface area contributed by atoms with E-state index < -0.39 is 17.3 Å². The third-order valence-electron chi connectivity index (χ3n) is 3.00. The molecule has 0 N–H and O–H groups in total. The minimum absolute atomic E-state index is 0.0538. The molecular formula is C15H11F3N2O. The molecule has 1 aromatic heterocycles. The summed E-state index contributed by atoms with van der Waals surface area (Å²) in [5.41, 5.74) is -0.670. The van der Waals surface area contributed by atoms with Gasteiger partial charge in [0.15, 0.2) is 0 Å². The van der Waals surface area contributed by atoms with Gasteiger partial charge in [-0.05, 0) is 37.3 Å². The van der Waals surface area contributed by atoms with Crippen LogP contribution in [0.2, 0.25) is 0 Å². The van der Waals surface area contributed by atoms with Crippen molar-refractivity contribution in [1.29, 1.82) is 5.26 Å². The van der Waals surface area contributed by atoms with Crippen LogP contribution in [0.15, 0.2) is 30.3 Å². The van der Waals surface area contributed by atoms with Crippen molar-refractivity contribution in [3.05, 3.63) is 47.2 Å². The maximum atomic E-state index is 13.0. The van der Waals surface area contributed by atoms with Gasteiger partial charge in [0.25, 0.3) is 0 Å². The first-order valence-electron chi connectivity index (χ1n) is 6.00. The second kappa shape index (κ2) is 5.44. The Balaban J connectivity index is 2.60. The van der Waals surface area contributed by atoms with Crippen LogP contribution in [0.1, 0.15) is 16.8 Å². The number of halogens is 3. The summed E-state index contributed by atoms with van der Waals surface area (Å²) >= 11 is 0. The van der Waals surface area contributed by atoms with Crippen LogP contribution in [0.3, 0.4) is 0 Å². The average molecular weight is 292 g/mol. The lowest BCUT2D eigenvalue weighted by Crippen LogP contribution is -2.10. The molecule has 0 amide bonds. The topological polar surface area (TPSA) is 45.9 Å². The summed E-state index contributed by atoms with van der Waals surface area (Å²) in [4.78, 5) is 4.08. The van der Waals surface area contributed by atoms with Crippen molar-refractivity contribution in [3.63, 3.8) is 0 Å². The predicted octanol–water partition coefficient (Wildman–Crippen LogP) is 3.96. The fourth-order valence-electron chi connectivity index (χ4n) is 1.95. The van der Waals surface area contributed by atoms with Crippen molar-refractivity contribution in [1.82, 2.24) is 4.98 Å². The third-order valence-corrected chi connectivity index (χ3v) is 3.00. The van der Waals surface area contributed by atoms with Crippen LogP contribution < -0.4 is 4.74 Å². The van der Waals surface area contributed by atoms with E-state index in [-0.39, 0.29) is 11.4 Å². The van der Waals surface area contributed by atoms with Crippen molar-refractivity contribution < 1.29 is 17.9 Å². The van der Waals surface area contributed by atoms with E-state index in [2.05, 4.69) is 4.98 Å². The maximum absolute atomic E-state index is 13.0. The first kappa shape index (κ1) is 14.9. The molecular weight excluding hydrogens is 281 g/mol. The highest BCUT2D eigenvalue weighted by Crippen LogP contribution is 2.35. The Bertz CT molecular complexity index is 701. The number of rotatable bonds is 2. The SMILES string of the molecule is COc1ccc(-c2cc(C(F)(F)F)c(C#N)c(C)n2)cc1. The molecule has 0 unspecified atom stereocenters. The molecule has 0 bridgehead atoms. The van der Waals surface area contributed by atoms with Gasteiger partial charge in [0.1, 0.15) is 11.8 Å². The molecule has 0 aliphatic carbocycles. The lowest BCUT2D eigenvalue weighted by Gasteiger charge is -2.13. The molecule has 0 atom stereocenters. The van der Waals surface area contributed by atoms with Gasteiger partial charge in [0.05, 0.1) is 29.6 Å². The van der Waals surface area contributed by atoms with E-state index in [9.17, 15) is 13.2 Å². The summed E-state index contributed by atoms with van der Waals surface area (Å²) < 4.78 is 44.1. The number of ether oxygens (including phenoxy) is 1. The van der Waals surface area contributed by atoms with E-state index in [4.69, 9.17) is 10.00 Å². The highest BCUT2D eigenvalue weighted by atomic mass is 19.4. The van der Waals surface area contributed by atoms with Crippen molar-refractivity contribution in [2.24, 2.45) is 0 Å². The number of pyridine rings is 1. The van der Waals surface area contributed by atoms with E-state index in [0.717, 1.165) is 6.07 Å². The molecule has 108 valence electrons. The minimum Gasteiger partial charge on any atom is -0.497 e. The molecule has 0 spiro atoms. The van der Waals surface area contributed by atoms with Crippen LogP contribution in [0, 0.1) is 18.3 Å². The Kier molecular flexibility index (Phi) is 3.85. The van der Waals surface area contributed by atoms with Crippen LogP contribution in [-0.2, 0) is 6.18 Å². The molecule has 1 aromatic carbocycles. The van der Waals surface area contributed by atoms with Gasteiger partial charge in [0.2, 0.25) is 0 Å². The Morgan fingerprint density at radius 2 is 1.81 bits per heavy atom. The fraction of sp³-hybridized carbons (Fsp3) is 0.200. The summed E-state index contributed by atoms with van der Waals surface area (Å²) in [5.74, 6) is 0.597. The first-order valence-corrected chi connectivity index (χ1v) is 6.00. The quantitative estimate of drug-likeness (QED) is 0.841. The number of aryl methyl sites for hydroxylation is 1. The third kappa shape index (κ3) is 2.97. The van der Waals surface area contributed by atoms with Gasteiger partial charge >= 0.3 is 6.18 Å². The molecule has 0 saturated carbocycles. The smallest absolute Gasteiger partial charge is 0.417 e. The molecule has 2 rings (SSSR count). The highest BCUT2D eigenvalue weighted by molar-refractivity contribution is 5.63. The Labute approximate surface area is 119 Å². The average Bonchev–Trinajstić information content (AvgIpc) is 2.45. The number of methoxy groups -OCH3 is 1.